The first-order valence-corrected chi connectivity index (χ1v) is 9.03. The highest BCUT2D eigenvalue weighted by Crippen LogP contribution is 2.29. The maximum atomic E-state index is 13.0. The summed E-state index contributed by atoms with van der Waals surface area (Å²) in [6.45, 7) is 0.964. The van der Waals surface area contributed by atoms with Crippen molar-refractivity contribution in [2.75, 3.05) is 18.4 Å². The Morgan fingerprint density at radius 2 is 1.89 bits per heavy atom. The monoisotopic (exact) mass is 367 g/mol. The molecule has 5 nitrogen and oxygen atoms in total. The second-order valence-corrected chi connectivity index (χ2v) is 6.78. The van der Waals surface area contributed by atoms with Gasteiger partial charge in [0.15, 0.2) is 0 Å². The van der Waals surface area contributed by atoms with Crippen molar-refractivity contribution in [1.29, 1.82) is 5.26 Å². The summed E-state index contributed by atoms with van der Waals surface area (Å²) in [5, 5.41) is 22.0. The average molecular weight is 367 g/mol. The molecule has 0 spiro atoms. The molecule has 0 radical (unpaired) electrons. The van der Waals surface area contributed by atoms with Crippen LogP contribution in [0.15, 0.2) is 48.5 Å². The van der Waals surface area contributed by atoms with Crippen molar-refractivity contribution in [3.05, 3.63) is 65.5 Å². The molecule has 0 aliphatic heterocycles. The maximum Gasteiger partial charge on any atom is 0.225 e. The van der Waals surface area contributed by atoms with E-state index in [4.69, 9.17) is 5.26 Å². The fourth-order valence-corrected chi connectivity index (χ4v) is 2.97. The third-order valence-corrected chi connectivity index (χ3v) is 4.65. The number of carbonyl (C=O) groups excluding carboxylic acids is 1. The number of aliphatic hydroxyl groups is 1. The summed E-state index contributed by atoms with van der Waals surface area (Å²) in [4.78, 5) is 14.3. The lowest BCUT2D eigenvalue weighted by Crippen LogP contribution is -2.33. The van der Waals surface area contributed by atoms with Crippen molar-refractivity contribution >= 4 is 11.6 Å². The van der Waals surface area contributed by atoms with Crippen LogP contribution < -0.4 is 5.32 Å². The van der Waals surface area contributed by atoms with Crippen LogP contribution in [0, 0.1) is 17.1 Å². The minimum absolute atomic E-state index is 0.110. The Hall–Kier alpha value is -2.75. The summed E-state index contributed by atoms with van der Waals surface area (Å²) in [6.07, 6.45) is 1.72. The zero-order valence-electron chi connectivity index (χ0n) is 14.9. The smallest absolute Gasteiger partial charge is 0.225 e. The average Bonchev–Trinajstić information content (AvgIpc) is 3.51. The summed E-state index contributed by atoms with van der Waals surface area (Å²) in [6, 6.07) is 15.0. The van der Waals surface area contributed by atoms with Crippen molar-refractivity contribution in [2.45, 2.75) is 31.4 Å². The summed E-state index contributed by atoms with van der Waals surface area (Å²) in [5.74, 6) is -0.439. The first-order valence-electron chi connectivity index (χ1n) is 9.03. The normalized spacial score (nSPS) is 14.6. The highest BCUT2D eigenvalue weighted by molar-refractivity contribution is 5.90. The van der Waals surface area contributed by atoms with Gasteiger partial charge in [0, 0.05) is 31.2 Å². The van der Waals surface area contributed by atoms with E-state index < -0.39 is 6.10 Å². The van der Waals surface area contributed by atoms with Crippen molar-refractivity contribution in [2.24, 2.45) is 0 Å². The third kappa shape index (κ3) is 5.61. The van der Waals surface area contributed by atoms with Crippen LogP contribution in [0.5, 0.6) is 0 Å². The van der Waals surface area contributed by atoms with E-state index in [9.17, 15) is 14.3 Å². The van der Waals surface area contributed by atoms with E-state index in [1.807, 2.05) is 6.07 Å². The SMILES string of the molecule is N#Cc1ccc(NC(=O)CCN(CC(O)c2ccc(F)cc2)C2CC2)cc1. The quantitative estimate of drug-likeness (QED) is 0.751. The lowest BCUT2D eigenvalue weighted by Gasteiger charge is -2.25. The highest BCUT2D eigenvalue weighted by atomic mass is 19.1. The molecule has 1 amide bonds. The van der Waals surface area contributed by atoms with E-state index in [1.54, 1.807) is 36.4 Å². The van der Waals surface area contributed by atoms with E-state index in [-0.39, 0.29) is 11.7 Å². The van der Waals surface area contributed by atoms with Crippen LogP contribution in [-0.4, -0.2) is 35.0 Å². The molecule has 1 aliphatic carbocycles. The number of halogens is 1. The van der Waals surface area contributed by atoms with Crippen molar-refractivity contribution in [1.82, 2.24) is 4.90 Å². The summed E-state index contributed by atoms with van der Waals surface area (Å²) >= 11 is 0. The topological polar surface area (TPSA) is 76.4 Å². The Kier molecular flexibility index (Phi) is 6.17. The first kappa shape index (κ1) is 19.0. The molecule has 1 saturated carbocycles. The Morgan fingerprint density at radius 3 is 2.48 bits per heavy atom. The van der Waals surface area contributed by atoms with Gasteiger partial charge in [-0.3, -0.25) is 9.69 Å². The maximum absolute atomic E-state index is 13.0. The molecule has 27 heavy (non-hydrogen) atoms. The Balaban J connectivity index is 1.51. The molecule has 1 aliphatic rings. The molecule has 2 N–H and O–H groups in total. The predicted molar refractivity (Wildman–Crippen MR) is 100 cm³/mol. The number of nitrogens with zero attached hydrogens (tertiary/aromatic N) is 2. The van der Waals surface area contributed by atoms with Gasteiger partial charge in [-0.2, -0.15) is 5.26 Å². The second-order valence-electron chi connectivity index (χ2n) is 6.78. The number of nitrogens with one attached hydrogen (secondary N) is 1. The standard InChI is InChI=1S/C21H22FN3O2/c22-17-5-3-16(4-6-17)20(26)14-25(19-9-10-19)12-11-21(27)24-18-7-1-15(13-23)2-8-18/h1-8,19-20,26H,9-12,14H2,(H,24,27). The molecule has 0 bridgehead atoms. The van der Waals surface area contributed by atoms with E-state index in [2.05, 4.69) is 10.2 Å². The molecule has 0 heterocycles. The molecule has 1 atom stereocenters. The lowest BCUT2D eigenvalue weighted by molar-refractivity contribution is -0.116. The van der Waals surface area contributed by atoms with Gasteiger partial charge < -0.3 is 10.4 Å². The number of amides is 1. The van der Waals surface area contributed by atoms with Gasteiger partial charge in [-0.15, -0.1) is 0 Å². The Bertz CT molecular complexity index is 811. The zero-order chi connectivity index (χ0) is 19.2. The van der Waals surface area contributed by atoms with Gasteiger partial charge in [-0.25, -0.2) is 4.39 Å². The molecule has 2 aromatic rings. The first-order chi connectivity index (χ1) is 13.0. The minimum atomic E-state index is -0.715. The number of rotatable bonds is 8. The van der Waals surface area contributed by atoms with E-state index >= 15 is 0 Å². The number of carbonyl (C=O) groups is 1. The zero-order valence-corrected chi connectivity index (χ0v) is 14.9. The minimum Gasteiger partial charge on any atom is -0.387 e. The van der Waals surface area contributed by atoms with Crippen LogP contribution in [0.2, 0.25) is 0 Å². The fourth-order valence-electron chi connectivity index (χ4n) is 2.97. The Morgan fingerprint density at radius 1 is 1.22 bits per heavy atom. The number of aliphatic hydroxyl groups excluding tert-OH is 1. The molecule has 6 heteroatoms. The van der Waals surface area contributed by atoms with Crippen LogP contribution in [0.3, 0.4) is 0 Å². The Labute approximate surface area is 158 Å². The highest BCUT2D eigenvalue weighted by Gasteiger charge is 2.30. The van der Waals surface area contributed by atoms with Gasteiger partial charge in [0.25, 0.3) is 0 Å². The van der Waals surface area contributed by atoms with Gasteiger partial charge >= 0.3 is 0 Å². The van der Waals surface area contributed by atoms with E-state index in [0.29, 0.717) is 42.4 Å². The summed E-state index contributed by atoms with van der Waals surface area (Å²) in [7, 11) is 0. The number of anilines is 1. The van der Waals surface area contributed by atoms with E-state index in [0.717, 1.165) is 12.8 Å². The van der Waals surface area contributed by atoms with Gasteiger partial charge in [-0.1, -0.05) is 12.1 Å². The number of hydrogen-bond acceptors (Lipinski definition) is 4. The van der Waals surface area contributed by atoms with Crippen molar-refractivity contribution in [3.8, 4) is 6.07 Å². The van der Waals surface area contributed by atoms with Crippen LogP contribution in [-0.2, 0) is 4.79 Å². The van der Waals surface area contributed by atoms with E-state index in [1.165, 1.54) is 12.1 Å². The van der Waals surface area contributed by atoms with Crippen molar-refractivity contribution < 1.29 is 14.3 Å². The molecule has 1 unspecified atom stereocenters. The molecule has 1 fully saturated rings. The van der Waals surface area contributed by atoms with Crippen LogP contribution in [0.4, 0.5) is 10.1 Å². The molecule has 0 saturated heterocycles. The molecular formula is C21H22FN3O2. The molecule has 0 aromatic heterocycles. The van der Waals surface area contributed by atoms with Crippen LogP contribution >= 0.6 is 0 Å². The number of benzene rings is 2. The number of hydrogen-bond donors (Lipinski definition) is 2. The van der Waals surface area contributed by atoms with Gasteiger partial charge in [0.05, 0.1) is 17.7 Å². The summed E-state index contributed by atoms with van der Waals surface area (Å²) < 4.78 is 13.0. The number of nitriles is 1. The van der Waals surface area contributed by atoms with Crippen LogP contribution in [0.1, 0.15) is 36.5 Å². The van der Waals surface area contributed by atoms with Crippen molar-refractivity contribution in [3.63, 3.8) is 0 Å². The summed E-state index contributed by atoms with van der Waals surface area (Å²) in [5.41, 5.74) is 1.87. The molecule has 2 aromatic carbocycles. The van der Waals surface area contributed by atoms with Gasteiger partial charge in [0.1, 0.15) is 5.82 Å². The largest absolute Gasteiger partial charge is 0.387 e. The molecular weight excluding hydrogens is 345 g/mol. The third-order valence-electron chi connectivity index (χ3n) is 4.65. The molecule has 140 valence electrons. The molecule has 3 rings (SSSR count). The lowest BCUT2D eigenvalue weighted by atomic mass is 10.1. The fraction of sp³-hybridized carbons (Fsp3) is 0.333. The second kappa shape index (κ2) is 8.76. The van der Waals surface area contributed by atoms with Crippen LogP contribution in [0.25, 0.3) is 0 Å². The van der Waals surface area contributed by atoms with Gasteiger partial charge in [0.2, 0.25) is 5.91 Å². The predicted octanol–water partition coefficient (Wildman–Crippen LogP) is 3.22. The van der Waals surface area contributed by atoms with Gasteiger partial charge in [-0.05, 0) is 54.8 Å².